The third-order valence-corrected chi connectivity index (χ3v) is 1.54. The normalized spacial score (nSPS) is 18.0. The van der Waals surface area contributed by atoms with Crippen molar-refractivity contribution < 1.29 is 4.74 Å². The van der Waals surface area contributed by atoms with E-state index in [1.165, 1.54) is 0 Å². The molecule has 0 aliphatic heterocycles. The molecule has 0 aliphatic rings. The Morgan fingerprint density at radius 2 is 2.00 bits per heavy atom. The van der Waals surface area contributed by atoms with Crippen LogP contribution in [0.15, 0.2) is 0 Å². The van der Waals surface area contributed by atoms with Crippen LogP contribution in [0.4, 0.5) is 0 Å². The third-order valence-electron chi connectivity index (χ3n) is 1.54. The zero-order valence-electron chi connectivity index (χ0n) is 5.85. The molecule has 0 saturated carbocycles. The van der Waals surface area contributed by atoms with Crippen LogP contribution in [-0.2, 0) is 4.74 Å². The Hall–Kier alpha value is -0.0800. The largest absolute Gasteiger partial charge is 0.381 e. The minimum Gasteiger partial charge on any atom is -0.381 e. The maximum Gasteiger partial charge on any atom is 0.0580 e. The summed E-state index contributed by atoms with van der Waals surface area (Å²) in [6.45, 7) is 4.81. The number of methoxy groups -OCH3 is 1. The van der Waals surface area contributed by atoms with E-state index in [-0.39, 0.29) is 0 Å². The van der Waals surface area contributed by atoms with Gasteiger partial charge in [0.05, 0.1) is 6.10 Å². The van der Waals surface area contributed by atoms with E-state index in [1.807, 2.05) is 6.92 Å². The molecular formula is C6H15NO. The van der Waals surface area contributed by atoms with Crippen LogP contribution < -0.4 is 5.73 Å². The van der Waals surface area contributed by atoms with Crippen molar-refractivity contribution in [1.29, 1.82) is 0 Å². The average molecular weight is 117 g/mol. The van der Waals surface area contributed by atoms with E-state index in [0.29, 0.717) is 18.6 Å². The molecule has 0 spiro atoms. The highest BCUT2D eigenvalue weighted by atomic mass is 16.5. The summed E-state index contributed by atoms with van der Waals surface area (Å²) in [5.41, 5.74) is 5.37. The zero-order chi connectivity index (χ0) is 6.57. The average Bonchev–Trinajstić information content (AvgIpc) is 1.84. The van der Waals surface area contributed by atoms with Crippen LogP contribution in [0.25, 0.3) is 0 Å². The number of hydrogen-bond acceptors (Lipinski definition) is 2. The quantitative estimate of drug-likeness (QED) is 0.588. The lowest BCUT2D eigenvalue weighted by Crippen LogP contribution is -2.23. The van der Waals surface area contributed by atoms with Crippen LogP contribution in [0.5, 0.6) is 0 Å². The first-order valence-corrected chi connectivity index (χ1v) is 2.95. The molecule has 2 heteroatoms. The Kier molecular flexibility index (Phi) is 3.83. The van der Waals surface area contributed by atoms with Crippen molar-refractivity contribution in [3.63, 3.8) is 0 Å². The molecule has 0 amide bonds. The SMILES string of the molecule is COC(C)[C@H](C)CN. The van der Waals surface area contributed by atoms with Crippen LogP contribution >= 0.6 is 0 Å². The standard InChI is InChI=1S/C6H15NO/c1-5(4-7)6(2)8-3/h5-6H,4,7H2,1-3H3/t5-,6?/m1/s1. The fourth-order valence-corrected chi connectivity index (χ4v) is 0.424. The minimum absolute atomic E-state index is 0.292. The van der Waals surface area contributed by atoms with E-state index in [9.17, 15) is 0 Å². The molecule has 8 heavy (non-hydrogen) atoms. The van der Waals surface area contributed by atoms with Crippen LogP contribution in [0, 0.1) is 5.92 Å². The Morgan fingerprint density at radius 1 is 1.50 bits per heavy atom. The number of rotatable bonds is 3. The summed E-state index contributed by atoms with van der Waals surface area (Å²) in [4.78, 5) is 0. The second kappa shape index (κ2) is 3.87. The number of ether oxygens (including phenoxy) is 1. The lowest BCUT2D eigenvalue weighted by atomic mass is 10.1. The first kappa shape index (κ1) is 7.92. The van der Waals surface area contributed by atoms with Gasteiger partial charge in [-0.05, 0) is 19.4 Å². The zero-order valence-corrected chi connectivity index (χ0v) is 5.85. The molecular weight excluding hydrogens is 102 g/mol. The van der Waals surface area contributed by atoms with Crippen molar-refractivity contribution in [2.45, 2.75) is 20.0 Å². The van der Waals surface area contributed by atoms with Crippen molar-refractivity contribution in [2.24, 2.45) is 11.7 Å². The Balaban J connectivity index is 3.29. The van der Waals surface area contributed by atoms with Crippen molar-refractivity contribution in [1.82, 2.24) is 0 Å². The molecule has 2 atom stereocenters. The molecule has 0 bridgehead atoms. The van der Waals surface area contributed by atoms with E-state index in [1.54, 1.807) is 7.11 Å². The van der Waals surface area contributed by atoms with Gasteiger partial charge < -0.3 is 10.5 Å². The molecule has 1 unspecified atom stereocenters. The number of hydrogen-bond donors (Lipinski definition) is 1. The number of nitrogens with two attached hydrogens (primary N) is 1. The van der Waals surface area contributed by atoms with E-state index < -0.39 is 0 Å². The maximum atomic E-state index is 5.37. The van der Waals surface area contributed by atoms with Gasteiger partial charge >= 0.3 is 0 Å². The summed E-state index contributed by atoms with van der Waals surface area (Å²) in [5, 5.41) is 0. The van der Waals surface area contributed by atoms with Crippen LogP contribution in [0.3, 0.4) is 0 Å². The molecule has 2 nitrogen and oxygen atoms in total. The highest BCUT2D eigenvalue weighted by Crippen LogP contribution is 2.01. The minimum atomic E-state index is 0.292. The Labute approximate surface area is 51.0 Å². The summed E-state index contributed by atoms with van der Waals surface area (Å²) >= 11 is 0. The Morgan fingerprint density at radius 3 is 2.12 bits per heavy atom. The first-order chi connectivity index (χ1) is 3.72. The van der Waals surface area contributed by atoms with E-state index >= 15 is 0 Å². The van der Waals surface area contributed by atoms with Gasteiger partial charge in [-0.2, -0.15) is 0 Å². The lowest BCUT2D eigenvalue weighted by molar-refractivity contribution is 0.0768. The first-order valence-electron chi connectivity index (χ1n) is 2.95. The van der Waals surface area contributed by atoms with Gasteiger partial charge in [0.25, 0.3) is 0 Å². The molecule has 0 fully saturated rings. The highest BCUT2D eigenvalue weighted by molar-refractivity contribution is 4.59. The van der Waals surface area contributed by atoms with E-state index in [4.69, 9.17) is 10.5 Å². The second-order valence-corrected chi connectivity index (χ2v) is 2.15. The molecule has 0 rings (SSSR count). The Bertz CT molecular complexity index is 48.5. The molecule has 0 aliphatic carbocycles. The smallest absolute Gasteiger partial charge is 0.0580 e. The molecule has 0 saturated heterocycles. The predicted molar refractivity (Wildman–Crippen MR) is 34.7 cm³/mol. The predicted octanol–water partition coefficient (Wildman–Crippen LogP) is 0.616. The molecule has 0 aromatic carbocycles. The van der Waals surface area contributed by atoms with Crippen molar-refractivity contribution in [3.8, 4) is 0 Å². The summed E-state index contributed by atoms with van der Waals surface area (Å²) in [7, 11) is 1.71. The summed E-state index contributed by atoms with van der Waals surface area (Å²) < 4.78 is 5.02. The van der Waals surface area contributed by atoms with Gasteiger partial charge in [-0.1, -0.05) is 6.92 Å². The molecule has 0 heterocycles. The van der Waals surface area contributed by atoms with E-state index in [2.05, 4.69) is 6.92 Å². The van der Waals surface area contributed by atoms with Crippen molar-refractivity contribution in [3.05, 3.63) is 0 Å². The lowest BCUT2D eigenvalue weighted by Gasteiger charge is -2.15. The maximum absolute atomic E-state index is 5.37. The topological polar surface area (TPSA) is 35.2 Å². The van der Waals surface area contributed by atoms with E-state index in [0.717, 1.165) is 0 Å². The third kappa shape index (κ3) is 2.28. The van der Waals surface area contributed by atoms with Gasteiger partial charge in [-0.15, -0.1) is 0 Å². The monoisotopic (exact) mass is 117 g/mol. The van der Waals surface area contributed by atoms with Gasteiger partial charge in [0.15, 0.2) is 0 Å². The molecule has 0 radical (unpaired) electrons. The molecule has 0 aromatic heterocycles. The van der Waals surface area contributed by atoms with Crippen LogP contribution in [0.1, 0.15) is 13.8 Å². The fraction of sp³-hybridized carbons (Fsp3) is 1.00. The summed E-state index contributed by atoms with van der Waals surface area (Å²) in [5.74, 6) is 0.472. The summed E-state index contributed by atoms with van der Waals surface area (Å²) in [6.07, 6.45) is 0.292. The highest BCUT2D eigenvalue weighted by Gasteiger charge is 2.06. The second-order valence-electron chi connectivity index (χ2n) is 2.15. The van der Waals surface area contributed by atoms with Crippen LogP contribution in [-0.4, -0.2) is 19.8 Å². The molecule has 50 valence electrons. The molecule has 2 N–H and O–H groups in total. The molecule has 0 aromatic rings. The van der Waals surface area contributed by atoms with Crippen LogP contribution in [0.2, 0.25) is 0 Å². The summed E-state index contributed by atoms with van der Waals surface area (Å²) in [6, 6.07) is 0. The van der Waals surface area contributed by atoms with Gasteiger partial charge in [0.2, 0.25) is 0 Å². The van der Waals surface area contributed by atoms with Gasteiger partial charge in [0.1, 0.15) is 0 Å². The van der Waals surface area contributed by atoms with Gasteiger partial charge in [0, 0.05) is 7.11 Å². The van der Waals surface area contributed by atoms with Gasteiger partial charge in [-0.3, -0.25) is 0 Å². The van der Waals surface area contributed by atoms with Crippen molar-refractivity contribution in [2.75, 3.05) is 13.7 Å². The fourth-order valence-electron chi connectivity index (χ4n) is 0.424. The van der Waals surface area contributed by atoms with Crippen molar-refractivity contribution >= 4 is 0 Å². The van der Waals surface area contributed by atoms with Gasteiger partial charge in [-0.25, -0.2) is 0 Å².